The number of carbonyl (C=O) groups excluding carboxylic acids is 2. The molecular formula is C15H14ClF2NO3. The van der Waals surface area contributed by atoms with Gasteiger partial charge in [-0.15, -0.1) is 11.6 Å². The molecule has 118 valence electrons. The van der Waals surface area contributed by atoms with E-state index in [1.165, 1.54) is 0 Å². The van der Waals surface area contributed by atoms with Gasteiger partial charge in [0.2, 0.25) is 0 Å². The molecule has 0 heterocycles. The highest BCUT2D eigenvalue weighted by Gasteiger charge is 2.45. The third kappa shape index (κ3) is 3.27. The normalized spacial score (nSPS) is 19.5. The molecule has 4 nitrogen and oxygen atoms in total. The molecular weight excluding hydrogens is 316 g/mol. The second-order valence-corrected chi connectivity index (χ2v) is 5.35. The first-order chi connectivity index (χ1) is 10.4. The molecule has 2 unspecified atom stereocenters. The fourth-order valence-corrected chi connectivity index (χ4v) is 2.27. The number of hydrogen-bond acceptors (Lipinski definition) is 3. The molecule has 2 rings (SSSR count). The van der Waals surface area contributed by atoms with Crippen molar-refractivity contribution in [3.05, 3.63) is 47.7 Å². The van der Waals surface area contributed by atoms with E-state index in [4.69, 9.17) is 16.3 Å². The van der Waals surface area contributed by atoms with Gasteiger partial charge < -0.3 is 4.74 Å². The number of carbonyl (C=O) groups is 2. The van der Waals surface area contributed by atoms with Gasteiger partial charge in [-0.3, -0.25) is 9.69 Å². The number of halogens is 3. The van der Waals surface area contributed by atoms with E-state index < -0.39 is 29.6 Å². The van der Waals surface area contributed by atoms with Crippen LogP contribution >= 0.6 is 11.6 Å². The summed E-state index contributed by atoms with van der Waals surface area (Å²) in [5.41, 5.74) is -0.273. The monoisotopic (exact) mass is 329 g/mol. The molecule has 0 aromatic heterocycles. The van der Waals surface area contributed by atoms with Crippen molar-refractivity contribution >= 4 is 23.5 Å². The molecule has 1 amide bonds. The summed E-state index contributed by atoms with van der Waals surface area (Å²) < 4.78 is 31.1. The van der Waals surface area contributed by atoms with E-state index >= 15 is 0 Å². The SMILES string of the molecule is C=C(C(=O)OCC)N(C(=O)c1ccc(F)c(F)c1)C1CC1Cl. The summed E-state index contributed by atoms with van der Waals surface area (Å²) in [5, 5.41) is -0.319. The summed E-state index contributed by atoms with van der Waals surface area (Å²) in [6.07, 6.45) is 0.482. The van der Waals surface area contributed by atoms with Crippen LogP contribution in [0.3, 0.4) is 0 Å². The molecule has 1 fully saturated rings. The topological polar surface area (TPSA) is 46.6 Å². The lowest BCUT2D eigenvalue weighted by Gasteiger charge is -2.23. The zero-order valence-electron chi connectivity index (χ0n) is 11.8. The van der Waals surface area contributed by atoms with Crippen LogP contribution in [-0.4, -0.2) is 34.8 Å². The standard InChI is InChI=1S/C15H14ClF2NO3/c1-3-22-15(21)8(2)19(13-7-10(13)16)14(20)9-4-5-11(17)12(18)6-9/h4-6,10,13H,2-3,7H2,1H3. The van der Waals surface area contributed by atoms with Crippen LogP contribution in [0.5, 0.6) is 0 Å². The van der Waals surface area contributed by atoms with E-state index in [2.05, 4.69) is 6.58 Å². The molecule has 1 aliphatic carbocycles. The fraction of sp³-hybridized carbons (Fsp3) is 0.333. The molecule has 1 aliphatic rings. The second-order valence-electron chi connectivity index (χ2n) is 4.79. The molecule has 0 saturated heterocycles. The van der Waals surface area contributed by atoms with Gasteiger partial charge in [-0.25, -0.2) is 13.6 Å². The van der Waals surface area contributed by atoms with Gasteiger partial charge >= 0.3 is 5.97 Å². The largest absolute Gasteiger partial charge is 0.461 e. The lowest BCUT2D eigenvalue weighted by molar-refractivity contribution is -0.140. The molecule has 0 radical (unpaired) electrons. The van der Waals surface area contributed by atoms with Crippen molar-refractivity contribution in [2.75, 3.05) is 6.61 Å². The molecule has 0 spiro atoms. The number of benzene rings is 1. The van der Waals surface area contributed by atoms with Crippen LogP contribution in [0.1, 0.15) is 23.7 Å². The van der Waals surface area contributed by atoms with Gasteiger partial charge in [0.1, 0.15) is 5.70 Å². The summed E-state index contributed by atoms with van der Waals surface area (Å²) in [7, 11) is 0. The number of rotatable bonds is 5. The quantitative estimate of drug-likeness (QED) is 0.474. The maximum absolute atomic E-state index is 13.3. The van der Waals surface area contributed by atoms with Crippen molar-refractivity contribution in [1.82, 2.24) is 4.90 Å². The predicted molar refractivity (Wildman–Crippen MR) is 76.3 cm³/mol. The van der Waals surface area contributed by atoms with Gasteiger partial charge in [-0.2, -0.15) is 0 Å². The number of nitrogens with zero attached hydrogens (tertiary/aromatic N) is 1. The van der Waals surface area contributed by atoms with Crippen molar-refractivity contribution in [2.24, 2.45) is 0 Å². The van der Waals surface area contributed by atoms with Gasteiger partial charge in [-0.1, -0.05) is 6.58 Å². The third-order valence-corrected chi connectivity index (χ3v) is 3.67. The Morgan fingerprint density at radius 1 is 1.41 bits per heavy atom. The summed E-state index contributed by atoms with van der Waals surface area (Å²) in [5.74, 6) is -3.64. The smallest absolute Gasteiger partial charge is 0.354 e. The van der Waals surface area contributed by atoms with E-state index in [-0.39, 0.29) is 23.2 Å². The van der Waals surface area contributed by atoms with Crippen molar-refractivity contribution in [3.8, 4) is 0 Å². The van der Waals surface area contributed by atoms with Gasteiger partial charge in [-0.05, 0) is 31.5 Å². The Morgan fingerprint density at radius 3 is 2.55 bits per heavy atom. The van der Waals surface area contributed by atoms with E-state index in [0.717, 1.165) is 23.1 Å². The lowest BCUT2D eigenvalue weighted by atomic mass is 10.1. The first-order valence-electron chi connectivity index (χ1n) is 6.65. The zero-order valence-corrected chi connectivity index (χ0v) is 12.6. The summed E-state index contributed by atoms with van der Waals surface area (Å²) >= 11 is 5.94. The maximum atomic E-state index is 13.3. The summed E-state index contributed by atoms with van der Waals surface area (Å²) in [6, 6.07) is 2.34. The van der Waals surface area contributed by atoms with E-state index in [9.17, 15) is 18.4 Å². The van der Waals surface area contributed by atoms with Gasteiger partial charge in [0.05, 0.1) is 18.0 Å². The van der Waals surface area contributed by atoms with E-state index in [1.54, 1.807) is 6.92 Å². The molecule has 22 heavy (non-hydrogen) atoms. The highest BCUT2D eigenvalue weighted by molar-refractivity contribution is 6.23. The number of esters is 1. The van der Waals surface area contributed by atoms with E-state index in [1.807, 2.05) is 0 Å². The average molecular weight is 330 g/mol. The third-order valence-electron chi connectivity index (χ3n) is 3.20. The molecule has 0 N–H and O–H groups in total. The number of amides is 1. The molecule has 0 bridgehead atoms. The Balaban J connectivity index is 2.29. The summed E-state index contributed by atoms with van der Waals surface area (Å²) in [4.78, 5) is 25.4. The van der Waals surface area contributed by atoms with Crippen molar-refractivity contribution in [3.63, 3.8) is 0 Å². The van der Waals surface area contributed by atoms with Crippen LogP contribution in [0.15, 0.2) is 30.5 Å². The highest BCUT2D eigenvalue weighted by Crippen LogP contribution is 2.36. The van der Waals surface area contributed by atoms with Crippen LogP contribution < -0.4 is 0 Å². The van der Waals surface area contributed by atoms with Crippen LogP contribution in [0.25, 0.3) is 0 Å². The molecule has 2 atom stereocenters. The average Bonchev–Trinajstić information content (AvgIpc) is 3.18. The van der Waals surface area contributed by atoms with Crippen molar-refractivity contribution in [2.45, 2.75) is 24.8 Å². The number of hydrogen-bond donors (Lipinski definition) is 0. The number of ether oxygens (including phenoxy) is 1. The number of alkyl halides is 1. The minimum Gasteiger partial charge on any atom is -0.461 e. The zero-order chi connectivity index (χ0) is 16.4. The maximum Gasteiger partial charge on any atom is 0.354 e. The van der Waals surface area contributed by atoms with Crippen LogP contribution in [0.4, 0.5) is 8.78 Å². The van der Waals surface area contributed by atoms with Crippen molar-refractivity contribution in [1.29, 1.82) is 0 Å². The summed E-state index contributed by atoms with van der Waals surface area (Å²) in [6.45, 7) is 5.30. The fourth-order valence-electron chi connectivity index (χ4n) is 1.97. The molecule has 1 aromatic carbocycles. The lowest BCUT2D eigenvalue weighted by Crippen LogP contribution is -2.37. The Labute approximate surface area is 131 Å². The Hall–Kier alpha value is -1.95. The first kappa shape index (κ1) is 16.4. The van der Waals surface area contributed by atoms with Crippen molar-refractivity contribution < 1.29 is 23.1 Å². The first-order valence-corrected chi connectivity index (χ1v) is 7.09. The minimum absolute atomic E-state index is 0.0971. The van der Waals surface area contributed by atoms with E-state index in [0.29, 0.717) is 6.42 Å². The molecule has 0 aliphatic heterocycles. The minimum atomic E-state index is -1.15. The van der Waals surface area contributed by atoms with Gasteiger partial charge in [0.25, 0.3) is 5.91 Å². The second kappa shape index (κ2) is 6.44. The van der Waals surface area contributed by atoms with Crippen LogP contribution in [0, 0.1) is 11.6 Å². The van der Waals surface area contributed by atoms with Crippen LogP contribution in [-0.2, 0) is 9.53 Å². The predicted octanol–water partition coefficient (Wildman–Crippen LogP) is 2.86. The Kier molecular flexibility index (Phi) is 4.81. The molecule has 1 aromatic rings. The Bertz CT molecular complexity index is 635. The molecule has 1 saturated carbocycles. The van der Waals surface area contributed by atoms with Gasteiger partial charge in [0.15, 0.2) is 11.6 Å². The van der Waals surface area contributed by atoms with Gasteiger partial charge in [0, 0.05) is 5.56 Å². The Morgan fingerprint density at radius 2 is 2.05 bits per heavy atom. The van der Waals surface area contributed by atoms with Crippen LogP contribution in [0.2, 0.25) is 0 Å². The molecule has 7 heteroatoms. The highest BCUT2D eigenvalue weighted by atomic mass is 35.5.